The molecule has 1 aromatic carbocycles. The van der Waals surface area contributed by atoms with Gasteiger partial charge in [0.1, 0.15) is 11.9 Å². The molecule has 25 heavy (non-hydrogen) atoms. The first-order chi connectivity index (χ1) is 12.1. The first-order valence-electron chi connectivity index (χ1n) is 8.95. The van der Waals surface area contributed by atoms with E-state index in [1.165, 1.54) is 0 Å². The van der Waals surface area contributed by atoms with Gasteiger partial charge in [-0.25, -0.2) is 0 Å². The topological polar surface area (TPSA) is 59.1 Å². The van der Waals surface area contributed by atoms with Crippen LogP contribution in [0.3, 0.4) is 0 Å². The van der Waals surface area contributed by atoms with Gasteiger partial charge in [0, 0.05) is 49.8 Å². The number of ether oxygens (including phenoxy) is 2. The second-order valence-corrected chi connectivity index (χ2v) is 7.37. The van der Waals surface area contributed by atoms with Crippen LogP contribution in [0.2, 0.25) is 0 Å². The molecule has 0 aliphatic carbocycles. The SMILES string of the molecule is COc1cccc(N2CC3(CCN(C(=O)[C@@H]4CCCO4)C3)CC2=O)c1. The van der Waals surface area contributed by atoms with Crippen LogP contribution in [0, 0.1) is 5.41 Å². The van der Waals surface area contributed by atoms with Crippen molar-refractivity contribution in [3.8, 4) is 5.75 Å². The van der Waals surface area contributed by atoms with Crippen molar-refractivity contribution in [3.05, 3.63) is 24.3 Å². The second kappa shape index (κ2) is 6.33. The number of amides is 2. The minimum Gasteiger partial charge on any atom is -0.497 e. The maximum atomic E-state index is 12.6. The summed E-state index contributed by atoms with van der Waals surface area (Å²) in [6.45, 7) is 2.71. The Morgan fingerprint density at radius 2 is 2.24 bits per heavy atom. The molecule has 3 aliphatic heterocycles. The Kier molecular flexibility index (Phi) is 4.15. The third-order valence-electron chi connectivity index (χ3n) is 5.64. The number of hydrogen-bond donors (Lipinski definition) is 0. The van der Waals surface area contributed by atoms with E-state index in [4.69, 9.17) is 9.47 Å². The Morgan fingerprint density at radius 1 is 1.36 bits per heavy atom. The average molecular weight is 344 g/mol. The number of nitrogens with zero attached hydrogens (tertiary/aromatic N) is 2. The molecule has 6 heteroatoms. The third kappa shape index (κ3) is 2.99. The highest BCUT2D eigenvalue weighted by molar-refractivity contribution is 5.96. The first-order valence-corrected chi connectivity index (χ1v) is 8.95. The van der Waals surface area contributed by atoms with E-state index in [2.05, 4.69) is 0 Å². The normalized spacial score (nSPS) is 29.0. The van der Waals surface area contributed by atoms with Gasteiger partial charge in [0.25, 0.3) is 5.91 Å². The fourth-order valence-corrected chi connectivity index (χ4v) is 4.28. The molecule has 2 amide bonds. The fraction of sp³-hybridized carbons (Fsp3) is 0.579. The maximum absolute atomic E-state index is 12.6. The van der Waals surface area contributed by atoms with Gasteiger partial charge in [0.15, 0.2) is 0 Å². The van der Waals surface area contributed by atoms with Gasteiger partial charge in [-0.3, -0.25) is 9.59 Å². The number of carbonyl (C=O) groups excluding carboxylic acids is 2. The van der Waals surface area contributed by atoms with E-state index in [9.17, 15) is 9.59 Å². The number of rotatable bonds is 3. The van der Waals surface area contributed by atoms with Crippen LogP contribution in [-0.2, 0) is 14.3 Å². The van der Waals surface area contributed by atoms with Gasteiger partial charge in [0.2, 0.25) is 5.91 Å². The summed E-state index contributed by atoms with van der Waals surface area (Å²) in [6.07, 6.45) is 2.87. The number of benzene rings is 1. The Morgan fingerprint density at radius 3 is 3.00 bits per heavy atom. The maximum Gasteiger partial charge on any atom is 0.251 e. The molecule has 6 nitrogen and oxygen atoms in total. The molecule has 0 bridgehead atoms. The van der Waals surface area contributed by atoms with Crippen molar-refractivity contribution in [2.24, 2.45) is 5.41 Å². The highest BCUT2D eigenvalue weighted by atomic mass is 16.5. The van der Waals surface area contributed by atoms with Gasteiger partial charge < -0.3 is 19.3 Å². The van der Waals surface area contributed by atoms with Crippen LogP contribution in [0.5, 0.6) is 5.75 Å². The minimum absolute atomic E-state index is 0.0988. The summed E-state index contributed by atoms with van der Waals surface area (Å²) in [7, 11) is 1.62. The lowest BCUT2D eigenvalue weighted by Crippen LogP contribution is -2.39. The summed E-state index contributed by atoms with van der Waals surface area (Å²) in [6, 6.07) is 7.59. The van der Waals surface area contributed by atoms with E-state index in [1.54, 1.807) is 7.11 Å². The smallest absolute Gasteiger partial charge is 0.251 e. The molecular formula is C19H24N2O4. The zero-order valence-corrected chi connectivity index (χ0v) is 14.6. The van der Waals surface area contributed by atoms with E-state index in [1.807, 2.05) is 34.1 Å². The highest BCUT2D eigenvalue weighted by Gasteiger charge is 2.49. The molecule has 1 spiro atoms. The van der Waals surface area contributed by atoms with Crippen LogP contribution in [-0.4, -0.2) is 56.2 Å². The molecule has 1 unspecified atom stereocenters. The van der Waals surface area contributed by atoms with Gasteiger partial charge in [0.05, 0.1) is 7.11 Å². The molecule has 134 valence electrons. The Hall–Kier alpha value is -2.08. The van der Waals surface area contributed by atoms with Gasteiger partial charge in [-0.05, 0) is 31.4 Å². The van der Waals surface area contributed by atoms with Crippen LogP contribution in [0.1, 0.15) is 25.7 Å². The Bertz CT molecular complexity index is 686. The average Bonchev–Trinajstić information content (AvgIpc) is 3.36. The van der Waals surface area contributed by atoms with Gasteiger partial charge in [-0.2, -0.15) is 0 Å². The zero-order chi connectivity index (χ0) is 17.4. The number of methoxy groups -OCH3 is 1. The number of likely N-dealkylation sites (tertiary alicyclic amines) is 1. The summed E-state index contributed by atoms with van der Waals surface area (Å²) >= 11 is 0. The van der Waals surface area contributed by atoms with Crippen molar-refractivity contribution in [2.45, 2.75) is 31.8 Å². The monoisotopic (exact) mass is 344 g/mol. The largest absolute Gasteiger partial charge is 0.497 e. The molecule has 3 fully saturated rings. The second-order valence-electron chi connectivity index (χ2n) is 7.37. The molecule has 0 aromatic heterocycles. The summed E-state index contributed by atoms with van der Waals surface area (Å²) in [5.41, 5.74) is 0.735. The van der Waals surface area contributed by atoms with Crippen LogP contribution < -0.4 is 9.64 Å². The van der Waals surface area contributed by atoms with Crippen molar-refractivity contribution in [2.75, 3.05) is 38.3 Å². The van der Waals surface area contributed by atoms with E-state index < -0.39 is 0 Å². The van der Waals surface area contributed by atoms with Crippen molar-refractivity contribution in [1.29, 1.82) is 0 Å². The summed E-state index contributed by atoms with van der Waals surface area (Å²) in [5, 5.41) is 0. The quantitative estimate of drug-likeness (QED) is 0.839. The lowest BCUT2D eigenvalue weighted by Gasteiger charge is -2.25. The molecule has 3 aliphatic rings. The van der Waals surface area contributed by atoms with Crippen molar-refractivity contribution in [3.63, 3.8) is 0 Å². The van der Waals surface area contributed by atoms with Crippen molar-refractivity contribution < 1.29 is 19.1 Å². The zero-order valence-electron chi connectivity index (χ0n) is 14.6. The Labute approximate surface area is 147 Å². The predicted octanol–water partition coefficient (Wildman–Crippen LogP) is 1.83. The molecule has 2 atom stereocenters. The summed E-state index contributed by atoms with van der Waals surface area (Å²) < 4.78 is 10.8. The Balaban J connectivity index is 1.47. The molecule has 3 saturated heterocycles. The van der Waals surface area contributed by atoms with Gasteiger partial charge in [-0.1, -0.05) is 6.07 Å². The first kappa shape index (κ1) is 16.4. The molecule has 0 N–H and O–H groups in total. The molecule has 1 aromatic rings. The summed E-state index contributed by atoms with van der Waals surface area (Å²) in [4.78, 5) is 29.0. The number of anilines is 1. The van der Waals surface area contributed by atoms with E-state index >= 15 is 0 Å². The van der Waals surface area contributed by atoms with Crippen LogP contribution in [0.25, 0.3) is 0 Å². The van der Waals surface area contributed by atoms with Crippen molar-refractivity contribution in [1.82, 2.24) is 4.90 Å². The highest BCUT2D eigenvalue weighted by Crippen LogP contribution is 2.42. The van der Waals surface area contributed by atoms with E-state index in [0.29, 0.717) is 26.1 Å². The molecular weight excluding hydrogens is 320 g/mol. The van der Waals surface area contributed by atoms with Crippen LogP contribution in [0.4, 0.5) is 5.69 Å². The number of carbonyl (C=O) groups is 2. The third-order valence-corrected chi connectivity index (χ3v) is 5.64. The number of hydrogen-bond acceptors (Lipinski definition) is 4. The minimum atomic E-state index is -0.276. The molecule has 4 rings (SSSR count). The standard InChI is InChI=1S/C19H24N2O4/c1-24-15-5-2-4-14(10-15)21-13-19(11-17(21)22)7-8-20(12-19)18(23)16-6-3-9-25-16/h2,4-5,10,16H,3,6-9,11-13H2,1H3/t16-,19?/m0/s1. The lowest BCUT2D eigenvalue weighted by atomic mass is 9.86. The van der Waals surface area contributed by atoms with E-state index in [-0.39, 0.29) is 23.3 Å². The molecule has 0 saturated carbocycles. The molecule has 3 heterocycles. The lowest BCUT2D eigenvalue weighted by molar-refractivity contribution is -0.140. The predicted molar refractivity (Wildman–Crippen MR) is 92.6 cm³/mol. The van der Waals surface area contributed by atoms with Crippen LogP contribution in [0.15, 0.2) is 24.3 Å². The van der Waals surface area contributed by atoms with Crippen molar-refractivity contribution >= 4 is 17.5 Å². The summed E-state index contributed by atoms with van der Waals surface area (Å²) in [5.74, 6) is 0.967. The molecule has 0 radical (unpaired) electrons. The van der Waals surface area contributed by atoms with Crippen LogP contribution >= 0.6 is 0 Å². The fourth-order valence-electron chi connectivity index (χ4n) is 4.28. The van der Waals surface area contributed by atoms with Gasteiger partial charge in [-0.15, -0.1) is 0 Å². The van der Waals surface area contributed by atoms with E-state index in [0.717, 1.165) is 37.2 Å². The van der Waals surface area contributed by atoms with Gasteiger partial charge >= 0.3 is 0 Å².